The molecule has 2 heterocycles. The van der Waals surface area contributed by atoms with Crippen molar-refractivity contribution >= 4 is 27.3 Å². The van der Waals surface area contributed by atoms with Crippen LogP contribution in [0.15, 0.2) is 22.4 Å². The third-order valence-electron chi connectivity index (χ3n) is 3.45. The first kappa shape index (κ1) is 17.6. The van der Waals surface area contributed by atoms with Gasteiger partial charge in [0.25, 0.3) is 0 Å². The number of carboxylic acids is 1. The number of carboxylic acid groups (broad SMARTS) is 1. The molecule has 0 fully saturated rings. The number of pyridine rings is 1. The van der Waals surface area contributed by atoms with Crippen molar-refractivity contribution in [1.29, 1.82) is 0 Å². The second-order valence-electron chi connectivity index (χ2n) is 5.08. The number of rotatable bonds is 6. The topological polar surface area (TPSA) is 96.4 Å². The largest absolute Gasteiger partial charge is 0.478 e. The number of aromatic carboxylic acids is 1. The molecule has 0 bridgehead atoms. The van der Waals surface area contributed by atoms with E-state index in [-0.39, 0.29) is 16.3 Å². The minimum Gasteiger partial charge on any atom is -0.478 e. The van der Waals surface area contributed by atoms with E-state index < -0.39 is 16.0 Å². The van der Waals surface area contributed by atoms with Gasteiger partial charge in [-0.2, -0.15) is 0 Å². The minimum absolute atomic E-state index is 0.0191. The molecule has 2 aromatic rings. The van der Waals surface area contributed by atoms with Gasteiger partial charge in [-0.1, -0.05) is 6.92 Å². The van der Waals surface area contributed by atoms with Crippen molar-refractivity contribution < 1.29 is 18.3 Å². The van der Waals surface area contributed by atoms with Gasteiger partial charge in [0, 0.05) is 4.88 Å². The summed E-state index contributed by atoms with van der Waals surface area (Å²) in [4.78, 5) is 16.3. The van der Waals surface area contributed by atoms with Crippen molar-refractivity contribution in [2.24, 2.45) is 0 Å². The van der Waals surface area contributed by atoms with Crippen LogP contribution in [-0.2, 0) is 23.0 Å². The summed E-state index contributed by atoms with van der Waals surface area (Å²) in [5.74, 6) is -1.04. The summed E-state index contributed by atoms with van der Waals surface area (Å²) >= 11 is 1.22. The van der Waals surface area contributed by atoms with Crippen LogP contribution >= 0.6 is 11.3 Å². The Bertz CT molecular complexity index is 822. The van der Waals surface area contributed by atoms with E-state index in [1.165, 1.54) is 23.5 Å². The third kappa shape index (κ3) is 3.95. The number of aryl methyl sites for hydroxylation is 3. The number of aromatic nitrogens is 1. The van der Waals surface area contributed by atoms with Crippen molar-refractivity contribution in [3.8, 4) is 0 Å². The Labute approximate surface area is 139 Å². The van der Waals surface area contributed by atoms with E-state index in [1.807, 2.05) is 13.8 Å². The summed E-state index contributed by atoms with van der Waals surface area (Å²) in [6.45, 7) is 5.56. The first-order valence-corrected chi connectivity index (χ1v) is 9.33. The highest BCUT2D eigenvalue weighted by Gasteiger charge is 2.18. The molecule has 0 amide bonds. The maximum atomic E-state index is 12.3. The normalized spacial score (nSPS) is 11.6. The lowest BCUT2D eigenvalue weighted by Gasteiger charge is -2.08. The molecule has 0 aliphatic carbocycles. The van der Waals surface area contributed by atoms with E-state index >= 15 is 0 Å². The second kappa shape index (κ2) is 6.77. The maximum absolute atomic E-state index is 12.3. The Hall–Kier alpha value is -1.77. The molecule has 2 aromatic heterocycles. The van der Waals surface area contributed by atoms with E-state index in [9.17, 15) is 13.2 Å². The second-order valence-corrected chi connectivity index (χ2v) is 8.33. The fourth-order valence-electron chi connectivity index (χ4n) is 2.02. The molecule has 6 nitrogen and oxygen atoms in total. The number of hydrogen-bond acceptors (Lipinski definition) is 5. The molecular formula is C15H18N2O4S2. The summed E-state index contributed by atoms with van der Waals surface area (Å²) in [7, 11) is -3.59. The monoisotopic (exact) mass is 354 g/mol. The Balaban J connectivity index is 2.18. The molecule has 0 unspecified atom stereocenters. The van der Waals surface area contributed by atoms with Crippen LogP contribution in [-0.4, -0.2) is 24.5 Å². The van der Waals surface area contributed by atoms with E-state index in [0.717, 1.165) is 10.4 Å². The van der Waals surface area contributed by atoms with Gasteiger partial charge in [-0.3, -0.25) is 4.98 Å². The molecule has 8 heteroatoms. The zero-order valence-electron chi connectivity index (χ0n) is 13.1. The lowest BCUT2D eigenvalue weighted by atomic mass is 10.1. The Kier molecular flexibility index (Phi) is 5.18. The summed E-state index contributed by atoms with van der Waals surface area (Å²) in [6, 6.07) is 4.62. The van der Waals surface area contributed by atoms with Crippen LogP contribution in [0.2, 0.25) is 0 Å². The fourth-order valence-corrected chi connectivity index (χ4v) is 4.58. The Morgan fingerprint density at radius 3 is 2.57 bits per heavy atom. The molecule has 2 N–H and O–H groups in total. The molecule has 124 valence electrons. The van der Waals surface area contributed by atoms with Gasteiger partial charge < -0.3 is 5.11 Å². The van der Waals surface area contributed by atoms with Crippen LogP contribution in [0, 0.1) is 13.8 Å². The quantitative estimate of drug-likeness (QED) is 0.831. The molecule has 0 aliphatic heterocycles. The molecule has 0 spiro atoms. The molecule has 2 rings (SSSR count). The molecular weight excluding hydrogens is 336 g/mol. The first-order chi connectivity index (χ1) is 10.7. The number of carbonyl (C=O) groups is 1. The van der Waals surface area contributed by atoms with E-state index in [1.54, 1.807) is 13.0 Å². The number of thiophene rings is 1. The molecule has 0 radical (unpaired) electrons. The van der Waals surface area contributed by atoms with Gasteiger partial charge in [0.2, 0.25) is 10.0 Å². The van der Waals surface area contributed by atoms with Gasteiger partial charge in [0.15, 0.2) is 0 Å². The zero-order valence-corrected chi connectivity index (χ0v) is 14.7. The molecule has 0 saturated heterocycles. The van der Waals surface area contributed by atoms with Crippen molar-refractivity contribution in [2.75, 3.05) is 0 Å². The fraction of sp³-hybridized carbons (Fsp3) is 0.333. The average Bonchev–Trinajstić information content (AvgIpc) is 2.85. The summed E-state index contributed by atoms with van der Waals surface area (Å²) < 4.78 is 27.3. The van der Waals surface area contributed by atoms with Gasteiger partial charge in [0.05, 0.1) is 23.5 Å². The van der Waals surface area contributed by atoms with Crippen LogP contribution in [0.5, 0.6) is 0 Å². The summed E-state index contributed by atoms with van der Waals surface area (Å²) in [5, 5.41) is 9.07. The number of nitrogens with one attached hydrogen (secondary N) is 1. The number of nitrogens with zero attached hydrogens (tertiary/aromatic N) is 1. The third-order valence-corrected chi connectivity index (χ3v) is 6.48. The highest BCUT2D eigenvalue weighted by Crippen LogP contribution is 2.24. The predicted octanol–water partition coefficient (Wildman–Crippen LogP) is 2.50. The standard InChI is InChI=1S/C15H18N2O4S2/c1-4-13-12(15(18)19)6-5-11(17-13)8-16-23(20,21)14-7-9(2)10(3)22-14/h5-7,16H,4,8H2,1-3H3,(H,18,19). The first-order valence-electron chi connectivity index (χ1n) is 7.03. The lowest BCUT2D eigenvalue weighted by Crippen LogP contribution is -2.23. The van der Waals surface area contributed by atoms with Crippen LogP contribution in [0.1, 0.15) is 39.1 Å². The summed E-state index contributed by atoms with van der Waals surface area (Å²) in [5.41, 5.74) is 2.01. The van der Waals surface area contributed by atoms with E-state index in [0.29, 0.717) is 17.8 Å². The average molecular weight is 354 g/mol. The van der Waals surface area contributed by atoms with Crippen LogP contribution in [0.3, 0.4) is 0 Å². The Morgan fingerprint density at radius 2 is 2.04 bits per heavy atom. The molecule has 0 atom stereocenters. The molecule has 0 aliphatic rings. The smallest absolute Gasteiger partial charge is 0.337 e. The number of sulfonamides is 1. The van der Waals surface area contributed by atoms with Crippen LogP contribution in [0.25, 0.3) is 0 Å². The zero-order chi connectivity index (χ0) is 17.2. The van der Waals surface area contributed by atoms with Gasteiger partial charge in [-0.15, -0.1) is 11.3 Å². The highest BCUT2D eigenvalue weighted by molar-refractivity contribution is 7.91. The lowest BCUT2D eigenvalue weighted by molar-refractivity contribution is 0.0695. The van der Waals surface area contributed by atoms with E-state index in [2.05, 4.69) is 9.71 Å². The van der Waals surface area contributed by atoms with Gasteiger partial charge in [-0.25, -0.2) is 17.9 Å². The van der Waals surface area contributed by atoms with E-state index in [4.69, 9.17) is 5.11 Å². The molecule has 0 aromatic carbocycles. The van der Waals surface area contributed by atoms with Crippen LogP contribution in [0.4, 0.5) is 0 Å². The predicted molar refractivity (Wildman–Crippen MR) is 88.4 cm³/mol. The van der Waals surface area contributed by atoms with Crippen LogP contribution < -0.4 is 4.72 Å². The molecule has 0 saturated carbocycles. The summed E-state index contributed by atoms with van der Waals surface area (Å²) in [6.07, 6.45) is 0.464. The maximum Gasteiger partial charge on any atom is 0.337 e. The van der Waals surface area contributed by atoms with Gasteiger partial charge in [-0.05, 0) is 44.0 Å². The van der Waals surface area contributed by atoms with Crippen molar-refractivity contribution in [3.63, 3.8) is 0 Å². The Morgan fingerprint density at radius 1 is 1.35 bits per heavy atom. The highest BCUT2D eigenvalue weighted by atomic mass is 32.2. The molecule has 23 heavy (non-hydrogen) atoms. The van der Waals surface area contributed by atoms with Gasteiger partial charge >= 0.3 is 5.97 Å². The van der Waals surface area contributed by atoms with Crippen molar-refractivity contribution in [3.05, 3.63) is 45.6 Å². The van der Waals surface area contributed by atoms with Crippen molar-refractivity contribution in [1.82, 2.24) is 9.71 Å². The number of hydrogen-bond donors (Lipinski definition) is 2. The van der Waals surface area contributed by atoms with Gasteiger partial charge in [0.1, 0.15) is 4.21 Å². The minimum atomic E-state index is -3.59. The SMILES string of the molecule is CCc1nc(CNS(=O)(=O)c2cc(C)c(C)s2)ccc1C(=O)O. The van der Waals surface area contributed by atoms with Crippen molar-refractivity contribution in [2.45, 2.75) is 37.9 Å².